The van der Waals surface area contributed by atoms with Crippen molar-refractivity contribution in [3.63, 3.8) is 0 Å². The molecule has 3 aromatic rings. The number of benzene rings is 3. The molecular weight excluding hydrogens is 412 g/mol. The summed E-state index contributed by atoms with van der Waals surface area (Å²) in [6.45, 7) is 1.56. The number of methoxy groups -OCH3 is 1. The topological polar surface area (TPSA) is 58.6 Å². The van der Waals surface area contributed by atoms with Crippen LogP contribution >= 0.6 is 11.6 Å². The Morgan fingerprint density at radius 1 is 1.06 bits per heavy atom. The first-order valence-corrected chi connectivity index (χ1v) is 10.8. The zero-order chi connectivity index (χ0) is 21.8. The van der Waals surface area contributed by atoms with Crippen LogP contribution in [0.3, 0.4) is 0 Å². The summed E-state index contributed by atoms with van der Waals surface area (Å²) in [5.74, 6) is 0.556. The van der Waals surface area contributed by atoms with E-state index in [9.17, 15) is 9.59 Å². The summed E-state index contributed by atoms with van der Waals surface area (Å²) in [5, 5.41) is 5.84. The molecule has 0 radical (unpaired) electrons. The number of carbonyl (C=O) groups excluding carboxylic acids is 2. The summed E-state index contributed by atoms with van der Waals surface area (Å²) in [6, 6.07) is 18.9. The molecule has 0 bridgehead atoms. The standard InChI is InChI=1S/C25H25ClN2O3/c1-31-23-11-8-19-13-17(4-5-20(19)14-23)15-27-24(29)21-3-2-12-28(16-21)25(30)18-6-9-22(26)10-7-18/h4-11,13-14,21H,2-3,12,15-16H2,1H3,(H,27,29)/t21-/m0/s1. The Balaban J connectivity index is 1.36. The zero-order valence-corrected chi connectivity index (χ0v) is 18.2. The Hall–Kier alpha value is -3.05. The van der Waals surface area contributed by atoms with Gasteiger partial charge in [0, 0.05) is 30.2 Å². The fraction of sp³-hybridized carbons (Fsp3) is 0.280. The molecular formula is C25H25ClN2O3. The van der Waals surface area contributed by atoms with Crippen LogP contribution in [0.25, 0.3) is 10.8 Å². The second-order valence-electron chi connectivity index (χ2n) is 7.86. The second-order valence-corrected chi connectivity index (χ2v) is 8.30. The number of hydrogen-bond acceptors (Lipinski definition) is 3. The minimum atomic E-state index is -0.199. The summed E-state index contributed by atoms with van der Waals surface area (Å²) >= 11 is 5.91. The first-order valence-electron chi connectivity index (χ1n) is 10.4. The number of nitrogens with zero attached hydrogens (tertiary/aromatic N) is 1. The van der Waals surface area contributed by atoms with E-state index < -0.39 is 0 Å². The van der Waals surface area contributed by atoms with E-state index in [-0.39, 0.29) is 17.7 Å². The van der Waals surface area contributed by atoms with Gasteiger partial charge in [0.1, 0.15) is 5.75 Å². The van der Waals surface area contributed by atoms with Gasteiger partial charge in [-0.2, -0.15) is 0 Å². The van der Waals surface area contributed by atoms with Crippen LogP contribution in [0.1, 0.15) is 28.8 Å². The van der Waals surface area contributed by atoms with Gasteiger partial charge in [-0.3, -0.25) is 9.59 Å². The van der Waals surface area contributed by atoms with Crippen LogP contribution < -0.4 is 10.1 Å². The van der Waals surface area contributed by atoms with Gasteiger partial charge in [-0.15, -0.1) is 0 Å². The largest absolute Gasteiger partial charge is 0.497 e. The van der Waals surface area contributed by atoms with Gasteiger partial charge in [-0.25, -0.2) is 0 Å². The molecule has 1 aliphatic heterocycles. The lowest BCUT2D eigenvalue weighted by molar-refractivity contribution is -0.126. The minimum absolute atomic E-state index is 0.0107. The number of halogens is 1. The molecule has 0 saturated carbocycles. The third-order valence-corrected chi connectivity index (χ3v) is 6.00. The highest BCUT2D eigenvalue weighted by Gasteiger charge is 2.28. The molecule has 4 rings (SSSR count). The van der Waals surface area contributed by atoms with Gasteiger partial charge in [0.15, 0.2) is 0 Å². The molecule has 160 valence electrons. The van der Waals surface area contributed by atoms with Crippen LogP contribution in [0.4, 0.5) is 0 Å². The predicted molar refractivity (Wildman–Crippen MR) is 122 cm³/mol. The molecule has 0 aliphatic carbocycles. The van der Waals surface area contributed by atoms with Crippen molar-refractivity contribution in [2.75, 3.05) is 20.2 Å². The minimum Gasteiger partial charge on any atom is -0.497 e. The highest BCUT2D eigenvalue weighted by molar-refractivity contribution is 6.30. The van der Waals surface area contributed by atoms with Crippen molar-refractivity contribution in [1.82, 2.24) is 10.2 Å². The third-order valence-electron chi connectivity index (χ3n) is 5.75. The lowest BCUT2D eigenvalue weighted by atomic mass is 9.96. The summed E-state index contributed by atoms with van der Waals surface area (Å²) in [6.07, 6.45) is 1.60. The van der Waals surface area contributed by atoms with E-state index in [1.807, 2.05) is 30.3 Å². The molecule has 0 aromatic heterocycles. The van der Waals surface area contributed by atoms with E-state index in [2.05, 4.69) is 11.4 Å². The van der Waals surface area contributed by atoms with Crippen molar-refractivity contribution >= 4 is 34.2 Å². The van der Waals surface area contributed by atoms with E-state index in [1.165, 1.54) is 0 Å². The molecule has 2 amide bonds. The van der Waals surface area contributed by atoms with E-state index in [4.69, 9.17) is 16.3 Å². The maximum Gasteiger partial charge on any atom is 0.253 e. The van der Waals surface area contributed by atoms with Crippen LogP contribution in [0.2, 0.25) is 5.02 Å². The van der Waals surface area contributed by atoms with Crippen molar-refractivity contribution in [3.8, 4) is 5.75 Å². The third kappa shape index (κ3) is 5.00. The molecule has 1 atom stereocenters. The van der Waals surface area contributed by atoms with Gasteiger partial charge in [0.05, 0.1) is 13.0 Å². The monoisotopic (exact) mass is 436 g/mol. The molecule has 31 heavy (non-hydrogen) atoms. The fourth-order valence-electron chi connectivity index (χ4n) is 3.99. The molecule has 3 aromatic carbocycles. The maximum absolute atomic E-state index is 12.8. The van der Waals surface area contributed by atoms with Crippen molar-refractivity contribution in [1.29, 1.82) is 0 Å². The molecule has 1 fully saturated rings. The summed E-state index contributed by atoms with van der Waals surface area (Å²) in [7, 11) is 1.65. The van der Waals surface area contributed by atoms with Crippen LogP contribution in [0, 0.1) is 5.92 Å². The molecule has 6 heteroatoms. The SMILES string of the molecule is COc1ccc2cc(CNC(=O)[C@H]3CCCN(C(=O)c4ccc(Cl)cc4)C3)ccc2c1. The van der Waals surface area contributed by atoms with Crippen molar-refractivity contribution in [2.45, 2.75) is 19.4 Å². The number of carbonyl (C=O) groups is 2. The number of likely N-dealkylation sites (tertiary alicyclic amines) is 1. The Morgan fingerprint density at radius 3 is 2.58 bits per heavy atom. The molecule has 1 saturated heterocycles. The fourth-order valence-corrected chi connectivity index (χ4v) is 4.12. The molecule has 0 unspecified atom stereocenters. The zero-order valence-electron chi connectivity index (χ0n) is 17.4. The molecule has 0 spiro atoms. The van der Waals surface area contributed by atoms with Crippen molar-refractivity contribution < 1.29 is 14.3 Å². The Morgan fingerprint density at radius 2 is 1.81 bits per heavy atom. The van der Waals surface area contributed by atoms with Crippen LogP contribution in [-0.4, -0.2) is 36.9 Å². The molecule has 1 aliphatic rings. The number of piperidine rings is 1. The van der Waals surface area contributed by atoms with E-state index >= 15 is 0 Å². The average molecular weight is 437 g/mol. The number of hydrogen-bond donors (Lipinski definition) is 1. The number of rotatable bonds is 5. The predicted octanol–water partition coefficient (Wildman–Crippen LogP) is 4.67. The summed E-state index contributed by atoms with van der Waals surface area (Å²) in [5.41, 5.74) is 1.63. The summed E-state index contributed by atoms with van der Waals surface area (Å²) in [4.78, 5) is 27.3. The van der Waals surface area contributed by atoms with Gasteiger partial charge >= 0.3 is 0 Å². The lowest BCUT2D eigenvalue weighted by Gasteiger charge is -2.32. The van der Waals surface area contributed by atoms with E-state index in [1.54, 1.807) is 36.3 Å². The average Bonchev–Trinajstić information content (AvgIpc) is 2.82. The van der Waals surface area contributed by atoms with Gasteiger partial charge in [0.25, 0.3) is 5.91 Å². The molecule has 1 heterocycles. The molecule has 1 N–H and O–H groups in total. The van der Waals surface area contributed by atoms with Crippen LogP contribution in [-0.2, 0) is 11.3 Å². The highest BCUT2D eigenvalue weighted by atomic mass is 35.5. The quantitative estimate of drug-likeness (QED) is 0.632. The lowest BCUT2D eigenvalue weighted by Crippen LogP contribution is -2.45. The normalized spacial score (nSPS) is 16.2. The Labute approximate surface area is 186 Å². The number of amides is 2. The highest BCUT2D eigenvalue weighted by Crippen LogP contribution is 2.23. The Bertz CT molecular complexity index is 1100. The first kappa shape index (κ1) is 21.2. The van der Waals surface area contributed by atoms with Gasteiger partial charge in [-0.05, 0) is 71.6 Å². The maximum atomic E-state index is 12.8. The number of nitrogens with one attached hydrogen (secondary N) is 1. The Kier molecular flexibility index (Phi) is 6.42. The van der Waals surface area contributed by atoms with Crippen LogP contribution in [0.15, 0.2) is 60.7 Å². The smallest absolute Gasteiger partial charge is 0.253 e. The van der Waals surface area contributed by atoms with E-state index in [0.29, 0.717) is 30.2 Å². The molecule has 5 nitrogen and oxygen atoms in total. The number of fused-ring (bicyclic) bond motifs is 1. The summed E-state index contributed by atoms with van der Waals surface area (Å²) < 4.78 is 5.27. The van der Waals surface area contributed by atoms with E-state index in [0.717, 1.165) is 34.9 Å². The van der Waals surface area contributed by atoms with Crippen molar-refractivity contribution in [2.24, 2.45) is 5.92 Å². The van der Waals surface area contributed by atoms with Gasteiger partial charge < -0.3 is 15.0 Å². The van der Waals surface area contributed by atoms with Crippen LogP contribution in [0.5, 0.6) is 5.75 Å². The van der Waals surface area contributed by atoms with Gasteiger partial charge in [-0.1, -0.05) is 29.8 Å². The van der Waals surface area contributed by atoms with Gasteiger partial charge in [0.2, 0.25) is 5.91 Å². The van der Waals surface area contributed by atoms with Crippen molar-refractivity contribution in [3.05, 3.63) is 76.8 Å². The first-order chi connectivity index (χ1) is 15.0. The second kappa shape index (κ2) is 9.40. The number of ether oxygens (including phenoxy) is 1.